The van der Waals surface area contributed by atoms with Gasteiger partial charge in [-0.15, -0.1) is 0 Å². The third-order valence-electron chi connectivity index (χ3n) is 2.13. The van der Waals surface area contributed by atoms with Crippen molar-refractivity contribution >= 4 is 5.78 Å². The van der Waals surface area contributed by atoms with Crippen LogP contribution in [0.1, 0.15) is 6.92 Å². The molecule has 3 nitrogen and oxygen atoms in total. The van der Waals surface area contributed by atoms with Crippen molar-refractivity contribution in [2.24, 2.45) is 0 Å². The van der Waals surface area contributed by atoms with Gasteiger partial charge in [0.2, 0.25) is 11.6 Å². The number of hydrogen-bond acceptors (Lipinski definition) is 3. The molecule has 0 spiro atoms. The van der Waals surface area contributed by atoms with E-state index in [1.165, 1.54) is 27.2 Å². The minimum Gasteiger partial charge on any atom is -0.346 e. The second-order valence-corrected chi connectivity index (χ2v) is 2.71. The molecule has 4 heteroatoms. The number of rotatable bonds is 2. The molecule has 0 bridgehead atoms. The lowest BCUT2D eigenvalue weighted by molar-refractivity contribution is -0.146. The highest BCUT2D eigenvalue weighted by Crippen LogP contribution is 2.30. The fraction of sp³-hybridized carbons (Fsp3) is 0.444. The van der Waals surface area contributed by atoms with E-state index in [0.29, 0.717) is 0 Å². The van der Waals surface area contributed by atoms with Crippen LogP contribution in [-0.4, -0.2) is 25.8 Å². The Morgan fingerprint density at radius 1 is 1.38 bits per heavy atom. The zero-order valence-electron chi connectivity index (χ0n) is 7.76. The SMILES string of the molecule is COC1(OC)C=CC(=O)C(F)=C1C. The predicted octanol–water partition coefficient (Wildman–Crippen LogP) is 1.36. The lowest BCUT2D eigenvalue weighted by Gasteiger charge is -2.30. The maximum atomic E-state index is 13.2. The Balaban J connectivity index is 3.16. The molecule has 0 N–H and O–H groups in total. The molecule has 0 aliphatic heterocycles. The number of hydrogen-bond donors (Lipinski definition) is 0. The van der Waals surface area contributed by atoms with Crippen molar-refractivity contribution in [2.45, 2.75) is 12.7 Å². The van der Waals surface area contributed by atoms with E-state index in [9.17, 15) is 9.18 Å². The van der Waals surface area contributed by atoms with Gasteiger partial charge in [0, 0.05) is 19.8 Å². The van der Waals surface area contributed by atoms with Crippen LogP contribution in [0, 0.1) is 0 Å². The number of halogens is 1. The summed E-state index contributed by atoms with van der Waals surface area (Å²) in [6.45, 7) is 1.46. The Morgan fingerprint density at radius 3 is 2.38 bits per heavy atom. The van der Waals surface area contributed by atoms with E-state index in [2.05, 4.69) is 0 Å². The van der Waals surface area contributed by atoms with Crippen LogP contribution in [0.3, 0.4) is 0 Å². The first-order chi connectivity index (χ1) is 6.07. The van der Waals surface area contributed by atoms with E-state index in [4.69, 9.17) is 9.47 Å². The Hall–Kier alpha value is -1.00. The number of ether oxygens (including phenoxy) is 2. The first-order valence-electron chi connectivity index (χ1n) is 3.78. The average Bonchev–Trinajstić information content (AvgIpc) is 2.16. The summed E-state index contributed by atoms with van der Waals surface area (Å²) in [5.74, 6) is -2.69. The third-order valence-corrected chi connectivity index (χ3v) is 2.13. The lowest BCUT2D eigenvalue weighted by Crippen LogP contribution is -2.36. The number of methoxy groups -OCH3 is 2. The lowest BCUT2D eigenvalue weighted by atomic mass is 9.99. The van der Waals surface area contributed by atoms with Gasteiger partial charge in [0.15, 0.2) is 5.83 Å². The Labute approximate surface area is 75.8 Å². The van der Waals surface area contributed by atoms with Crippen molar-refractivity contribution in [2.75, 3.05) is 14.2 Å². The maximum Gasteiger partial charge on any atom is 0.214 e. The fourth-order valence-corrected chi connectivity index (χ4v) is 1.25. The van der Waals surface area contributed by atoms with Crippen molar-refractivity contribution in [3.63, 3.8) is 0 Å². The first kappa shape index (κ1) is 10.1. The molecule has 0 heterocycles. The molecule has 0 aromatic heterocycles. The van der Waals surface area contributed by atoms with Gasteiger partial charge in [0.25, 0.3) is 0 Å². The molecule has 1 aliphatic carbocycles. The van der Waals surface area contributed by atoms with E-state index < -0.39 is 17.4 Å². The van der Waals surface area contributed by atoms with Gasteiger partial charge in [0.1, 0.15) is 0 Å². The van der Waals surface area contributed by atoms with E-state index in [-0.39, 0.29) is 5.57 Å². The highest BCUT2D eigenvalue weighted by molar-refractivity contribution is 6.04. The molecule has 0 amide bonds. The largest absolute Gasteiger partial charge is 0.346 e. The molecule has 0 fully saturated rings. The second-order valence-electron chi connectivity index (χ2n) is 2.71. The van der Waals surface area contributed by atoms with Crippen LogP contribution < -0.4 is 0 Å². The zero-order valence-corrected chi connectivity index (χ0v) is 7.76. The summed E-state index contributed by atoms with van der Waals surface area (Å²) < 4.78 is 23.2. The summed E-state index contributed by atoms with van der Waals surface area (Å²) in [7, 11) is 2.78. The summed E-state index contributed by atoms with van der Waals surface area (Å²) in [4.78, 5) is 10.9. The van der Waals surface area contributed by atoms with Gasteiger partial charge >= 0.3 is 0 Å². The molecule has 1 aliphatic rings. The predicted molar refractivity (Wildman–Crippen MR) is 44.7 cm³/mol. The summed E-state index contributed by atoms with van der Waals surface area (Å²) in [5.41, 5.74) is 0.144. The molecule has 0 saturated heterocycles. The molecule has 1 rings (SSSR count). The maximum absolute atomic E-state index is 13.2. The third kappa shape index (κ3) is 1.43. The summed E-state index contributed by atoms with van der Waals surface area (Å²) in [5, 5.41) is 0. The second kappa shape index (κ2) is 3.40. The summed E-state index contributed by atoms with van der Waals surface area (Å²) in [6, 6.07) is 0. The highest BCUT2D eigenvalue weighted by atomic mass is 19.1. The molecule has 0 aromatic carbocycles. The van der Waals surface area contributed by atoms with E-state index in [0.717, 1.165) is 6.08 Å². The molecule has 0 unspecified atom stereocenters. The number of carbonyl (C=O) groups excluding carboxylic acids is 1. The van der Waals surface area contributed by atoms with Gasteiger partial charge < -0.3 is 9.47 Å². The molecular weight excluding hydrogens is 175 g/mol. The first-order valence-corrected chi connectivity index (χ1v) is 3.78. The van der Waals surface area contributed by atoms with Crippen LogP contribution in [0.2, 0.25) is 0 Å². The molecule has 0 radical (unpaired) electrons. The van der Waals surface area contributed by atoms with Crippen LogP contribution in [0.5, 0.6) is 0 Å². The van der Waals surface area contributed by atoms with E-state index in [1.54, 1.807) is 0 Å². The number of ketones is 1. The van der Waals surface area contributed by atoms with Crippen LogP contribution in [0.15, 0.2) is 23.6 Å². The Morgan fingerprint density at radius 2 is 1.92 bits per heavy atom. The van der Waals surface area contributed by atoms with Crippen LogP contribution in [0.25, 0.3) is 0 Å². The molecule has 0 atom stereocenters. The molecule has 13 heavy (non-hydrogen) atoms. The number of carbonyl (C=O) groups is 1. The summed E-state index contributed by atoms with van der Waals surface area (Å²) >= 11 is 0. The van der Waals surface area contributed by atoms with Crippen molar-refractivity contribution < 1.29 is 18.7 Å². The van der Waals surface area contributed by atoms with Gasteiger partial charge in [-0.3, -0.25) is 4.79 Å². The van der Waals surface area contributed by atoms with Crippen LogP contribution in [0.4, 0.5) is 4.39 Å². The molecule has 72 valence electrons. The van der Waals surface area contributed by atoms with Crippen molar-refractivity contribution in [3.05, 3.63) is 23.6 Å². The highest BCUT2D eigenvalue weighted by Gasteiger charge is 2.36. The molecular formula is C9H11FO3. The molecule has 0 saturated carbocycles. The number of allylic oxidation sites excluding steroid dienone is 2. The van der Waals surface area contributed by atoms with Gasteiger partial charge in [0.05, 0.1) is 0 Å². The van der Waals surface area contributed by atoms with Gasteiger partial charge in [-0.1, -0.05) is 0 Å². The van der Waals surface area contributed by atoms with Gasteiger partial charge in [-0.25, -0.2) is 4.39 Å². The quantitative estimate of drug-likeness (QED) is 0.611. The van der Waals surface area contributed by atoms with Crippen LogP contribution in [-0.2, 0) is 14.3 Å². The Bertz CT molecular complexity index is 287. The zero-order chi connectivity index (χ0) is 10.1. The van der Waals surface area contributed by atoms with Crippen molar-refractivity contribution in [1.82, 2.24) is 0 Å². The van der Waals surface area contributed by atoms with Gasteiger partial charge in [-0.05, 0) is 19.1 Å². The van der Waals surface area contributed by atoms with E-state index in [1.807, 2.05) is 0 Å². The average molecular weight is 186 g/mol. The minimum atomic E-state index is -1.22. The van der Waals surface area contributed by atoms with E-state index >= 15 is 0 Å². The van der Waals surface area contributed by atoms with Crippen molar-refractivity contribution in [3.8, 4) is 0 Å². The van der Waals surface area contributed by atoms with Gasteiger partial charge in [-0.2, -0.15) is 0 Å². The standard InChI is InChI=1S/C9H11FO3/c1-6-8(10)7(11)4-5-9(6,12-2)13-3/h4-5H,1-3H3. The molecule has 0 aromatic rings. The monoisotopic (exact) mass is 186 g/mol. The Kier molecular flexibility index (Phi) is 2.63. The smallest absolute Gasteiger partial charge is 0.214 e. The normalized spacial score (nSPS) is 21.1. The minimum absolute atomic E-state index is 0.144. The topological polar surface area (TPSA) is 35.5 Å². The fourth-order valence-electron chi connectivity index (χ4n) is 1.25. The van der Waals surface area contributed by atoms with Crippen LogP contribution >= 0.6 is 0 Å². The van der Waals surface area contributed by atoms with Crippen molar-refractivity contribution in [1.29, 1.82) is 0 Å². The summed E-state index contributed by atoms with van der Waals surface area (Å²) in [6.07, 6.45) is 2.50.